The van der Waals surface area contributed by atoms with Gasteiger partial charge in [-0.15, -0.1) is 0 Å². The molecule has 34 heavy (non-hydrogen) atoms. The minimum atomic E-state index is -0.434. The fraction of sp³-hybridized carbons (Fsp3) is 0.560. The number of ether oxygens (including phenoxy) is 3. The van der Waals surface area contributed by atoms with Gasteiger partial charge < -0.3 is 19.5 Å². The molecule has 184 valence electrons. The van der Waals surface area contributed by atoms with Gasteiger partial charge >= 0.3 is 5.97 Å². The molecular formula is C25H32ClN3O5. The van der Waals surface area contributed by atoms with Crippen molar-refractivity contribution >= 4 is 23.5 Å². The molecule has 1 atom stereocenters. The number of nitrogens with one attached hydrogen (secondary N) is 1. The molecule has 0 unspecified atom stereocenters. The van der Waals surface area contributed by atoms with Crippen LogP contribution in [0.25, 0.3) is 0 Å². The number of fused-ring (bicyclic) bond motifs is 1. The van der Waals surface area contributed by atoms with Crippen molar-refractivity contribution in [2.75, 3.05) is 33.5 Å². The number of rotatable bonds is 7. The number of carbonyl (C=O) groups excluding carboxylic acids is 2. The summed E-state index contributed by atoms with van der Waals surface area (Å²) >= 11 is 6.04. The highest BCUT2D eigenvalue weighted by Crippen LogP contribution is 2.37. The Morgan fingerprint density at radius 1 is 1.35 bits per heavy atom. The van der Waals surface area contributed by atoms with E-state index in [4.69, 9.17) is 30.9 Å². The van der Waals surface area contributed by atoms with Crippen LogP contribution in [0.1, 0.15) is 58.8 Å². The summed E-state index contributed by atoms with van der Waals surface area (Å²) in [6.07, 6.45) is 3.29. The number of benzene rings is 1. The maximum atomic E-state index is 13.0. The molecule has 1 aromatic heterocycles. The van der Waals surface area contributed by atoms with E-state index in [-0.39, 0.29) is 23.8 Å². The minimum absolute atomic E-state index is 0.00352. The van der Waals surface area contributed by atoms with Gasteiger partial charge in [0.1, 0.15) is 5.75 Å². The fourth-order valence-electron chi connectivity index (χ4n) is 4.76. The Labute approximate surface area is 204 Å². The third-order valence-electron chi connectivity index (χ3n) is 6.78. The number of hydrogen-bond donors (Lipinski definition) is 1. The zero-order valence-corrected chi connectivity index (χ0v) is 20.7. The molecule has 4 rings (SSSR count). The molecule has 1 fully saturated rings. The van der Waals surface area contributed by atoms with E-state index >= 15 is 0 Å². The van der Waals surface area contributed by atoms with E-state index in [0.717, 1.165) is 30.7 Å². The van der Waals surface area contributed by atoms with Gasteiger partial charge in [0.15, 0.2) is 0 Å². The third kappa shape index (κ3) is 5.08. The highest BCUT2D eigenvalue weighted by Gasteiger charge is 2.39. The Balaban J connectivity index is 1.48. The van der Waals surface area contributed by atoms with Gasteiger partial charge in [0, 0.05) is 32.2 Å². The third-order valence-corrected chi connectivity index (χ3v) is 7.09. The number of amides is 1. The molecule has 0 aliphatic carbocycles. The number of methoxy groups -OCH3 is 1. The van der Waals surface area contributed by atoms with E-state index < -0.39 is 5.97 Å². The van der Waals surface area contributed by atoms with Gasteiger partial charge in [-0.3, -0.25) is 9.48 Å². The van der Waals surface area contributed by atoms with Crippen molar-refractivity contribution in [2.45, 2.75) is 46.1 Å². The molecule has 0 bridgehead atoms. The molecular weight excluding hydrogens is 458 g/mol. The SMILES string of the molecule is CCc1nn(C[C@@H](C)COC(=O)c2ccc(Cl)c(OC)c2)c2c1C(=O)NCC1(CCOCC1)C2. The Bertz CT molecular complexity index is 1060. The number of carbonyl (C=O) groups is 2. The minimum Gasteiger partial charge on any atom is -0.495 e. The van der Waals surface area contributed by atoms with E-state index in [9.17, 15) is 9.59 Å². The predicted octanol–water partition coefficient (Wildman–Crippen LogP) is 3.68. The summed E-state index contributed by atoms with van der Waals surface area (Å²) in [5, 5.41) is 8.36. The van der Waals surface area contributed by atoms with Crippen molar-refractivity contribution in [3.63, 3.8) is 0 Å². The summed E-state index contributed by atoms with van der Waals surface area (Å²) in [4.78, 5) is 25.5. The van der Waals surface area contributed by atoms with Gasteiger partial charge in [0.25, 0.3) is 5.91 Å². The highest BCUT2D eigenvalue weighted by molar-refractivity contribution is 6.32. The van der Waals surface area contributed by atoms with Crippen LogP contribution in [0.15, 0.2) is 18.2 Å². The molecule has 1 N–H and O–H groups in total. The van der Waals surface area contributed by atoms with Crippen LogP contribution in [0, 0.1) is 11.3 Å². The largest absolute Gasteiger partial charge is 0.495 e. The lowest BCUT2D eigenvalue weighted by Crippen LogP contribution is -2.41. The summed E-state index contributed by atoms with van der Waals surface area (Å²) in [5.41, 5.74) is 2.88. The monoisotopic (exact) mass is 489 g/mol. The van der Waals surface area contributed by atoms with Gasteiger partial charge in [-0.2, -0.15) is 5.10 Å². The molecule has 0 radical (unpaired) electrons. The standard InChI is InChI=1S/C25H32ClN3O5/c1-4-19-22-20(12-25(15-27-23(22)30)7-9-33-10-8-25)29(28-19)13-16(2)14-34-24(31)17-5-6-18(26)21(11-17)32-3/h5-6,11,16H,4,7-10,12-15H2,1-3H3,(H,27,30)/t16-/m1/s1. The molecule has 2 aromatic rings. The first-order chi connectivity index (χ1) is 16.4. The Morgan fingerprint density at radius 2 is 2.12 bits per heavy atom. The first-order valence-corrected chi connectivity index (χ1v) is 12.2. The van der Waals surface area contributed by atoms with Gasteiger partial charge in [-0.1, -0.05) is 25.4 Å². The number of halogens is 1. The number of nitrogens with zero attached hydrogens (tertiary/aromatic N) is 2. The fourth-order valence-corrected chi connectivity index (χ4v) is 4.95. The van der Waals surface area contributed by atoms with Crippen LogP contribution in [-0.2, 0) is 28.9 Å². The maximum Gasteiger partial charge on any atom is 0.338 e. The van der Waals surface area contributed by atoms with Crippen molar-refractivity contribution in [3.05, 3.63) is 45.7 Å². The summed E-state index contributed by atoms with van der Waals surface area (Å²) < 4.78 is 18.3. The van der Waals surface area contributed by atoms with Gasteiger partial charge in [0.05, 0.1) is 41.3 Å². The summed E-state index contributed by atoms with van der Waals surface area (Å²) in [7, 11) is 1.50. The van der Waals surface area contributed by atoms with Crippen LogP contribution in [0.5, 0.6) is 5.75 Å². The Morgan fingerprint density at radius 3 is 2.82 bits per heavy atom. The lowest BCUT2D eigenvalue weighted by molar-refractivity contribution is 0.0151. The van der Waals surface area contributed by atoms with Crippen LogP contribution >= 0.6 is 11.6 Å². The van der Waals surface area contributed by atoms with Crippen molar-refractivity contribution < 1.29 is 23.8 Å². The zero-order chi connectivity index (χ0) is 24.3. The molecule has 1 saturated heterocycles. The van der Waals surface area contributed by atoms with Gasteiger partial charge in [0.2, 0.25) is 0 Å². The Hall–Kier alpha value is -2.58. The second kappa shape index (κ2) is 10.4. The molecule has 0 saturated carbocycles. The van der Waals surface area contributed by atoms with Crippen LogP contribution in [-0.4, -0.2) is 55.1 Å². The number of aryl methyl sites for hydroxylation is 1. The average molecular weight is 490 g/mol. The van der Waals surface area contributed by atoms with Gasteiger partial charge in [-0.25, -0.2) is 4.79 Å². The number of esters is 1. The molecule has 1 aromatic carbocycles. The molecule has 8 nitrogen and oxygen atoms in total. The second-order valence-electron chi connectivity index (χ2n) is 9.33. The average Bonchev–Trinajstić information content (AvgIpc) is 3.11. The molecule has 2 aliphatic rings. The normalized spacial score (nSPS) is 18.1. The Kier molecular flexibility index (Phi) is 7.48. The van der Waals surface area contributed by atoms with Crippen LogP contribution in [0.2, 0.25) is 5.02 Å². The van der Waals surface area contributed by atoms with Crippen LogP contribution in [0.4, 0.5) is 0 Å². The van der Waals surface area contributed by atoms with Crippen molar-refractivity contribution in [3.8, 4) is 5.75 Å². The van der Waals surface area contributed by atoms with E-state index in [1.807, 2.05) is 18.5 Å². The van der Waals surface area contributed by atoms with Crippen molar-refractivity contribution in [1.29, 1.82) is 0 Å². The molecule has 1 amide bonds. The van der Waals surface area contributed by atoms with E-state index in [2.05, 4.69) is 5.32 Å². The van der Waals surface area contributed by atoms with Gasteiger partial charge in [-0.05, 0) is 49.3 Å². The molecule has 1 spiro atoms. The van der Waals surface area contributed by atoms with E-state index in [1.165, 1.54) is 7.11 Å². The topological polar surface area (TPSA) is 91.7 Å². The van der Waals surface area contributed by atoms with E-state index in [0.29, 0.717) is 54.6 Å². The molecule has 9 heteroatoms. The van der Waals surface area contributed by atoms with Crippen LogP contribution < -0.4 is 10.1 Å². The number of aromatic nitrogens is 2. The second-order valence-corrected chi connectivity index (χ2v) is 9.74. The van der Waals surface area contributed by atoms with Crippen molar-refractivity contribution in [2.24, 2.45) is 11.3 Å². The lowest BCUT2D eigenvalue weighted by Gasteiger charge is -2.36. The molecule has 2 aliphatic heterocycles. The highest BCUT2D eigenvalue weighted by atomic mass is 35.5. The predicted molar refractivity (Wildman–Crippen MR) is 128 cm³/mol. The van der Waals surface area contributed by atoms with Crippen molar-refractivity contribution in [1.82, 2.24) is 15.1 Å². The first kappa shape index (κ1) is 24.5. The quantitative estimate of drug-likeness (QED) is 0.596. The zero-order valence-electron chi connectivity index (χ0n) is 20.0. The number of hydrogen-bond acceptors (Lipinski definition) is 6. The summed E-state index contributed by atoms with van der Waals surface area (Å²) in [6, 6.07) is 4.80. The summed E-state index contributed by atoms with van der Waals surface area (Å²) in [5.74, 6) is -0.0484. The van der Waals surface area contributed by atoms with Crippen LogP contribution in [0.3, 0.4) is 0 Å². The van der Waals surface area contributed by atoms with E-state index in [1.54, 1.807) is 18.2 Å². The molecule has 3 heterocycles. The first-order valence-electron chi connectivity index (χ1n) is 11.8. The summed E-state index contributed by atoms with van der Waals surface area (Å²) in [6.45, 7) is 6.89. The lowest BCUT2D eigenvalue weighted by atomic mass is 9.76. The maximum absolute atomic E-state index is 13.0. The smallest absolute Gasteiger partial charge is 0.338 e.